The minimum absolute atomic E-state index is 0.123. The second kappa shape index (κ2) is 7.18. The maximum atomic E-state index is 11.9. The van der Waals surface area contributed by atoms with Crippen LogP contribution in [-0.2, 0) is 4.79 Å². The van der Waals surface area contributed by atoms with Crippen molar-refractivity contribution >= 4 is 40.4 Å². The van der Waals surface area contributed by atoms with Gasteiger partial charge in [-0.3, -0.25) is 4.79 Å². The van der Waals surface area contributed by atoms with Gasteiger partial charge in [-0.1, -0.05) is 23.9 Å². The van der Waals surface area contributed by atoms with Gasteiger partial charge < -0.3 is 15.4 Å². The zero-order valence-electron chi connectivity index (χ0n) is 12.7. The molecule has 3 N–H and O–H groups in total. The highest BCUT2D eigenvalue weighted by molar-refractivity contribution is 7.99. The predicted octanol–water partition coefficient (Wildman–Crippen LogP) is 3.38. The van der Waals surface area contributed by atoms with E-state index in [0.29, 0.717) is 17.9 Å². The first-order valence-corrected chi connectivity index (χ1v) is 8.31. The molecule has 0 radical (unpaired) electrons. The fourth-order valence-electron chi connectivity index (χ4n) is 2.16. The number of carbonyl (C=O) groups excluding carboxylic acids is 1. The van der Waals surface area contributed by atoms with Crippen LogP contribution >= 0.6 is 11.8 Å². The van der Waals surface area contributed by atoms with Gasteiger partial charge in [0, 0.05) is 17.9 Å². The molecule has 6 nitrogen and oxygen atoms in total. The van der Waals surface area contributed by atoms with Gasteiger partial charge in [-0.05, 0) is 36.4 Å². The first kappa shape index (κ1) is 16.1. The Morgan fingerprint density at radius 3 is 2.58 bits per heavy atom. The number of fused-ring (bicyclic) bond motifs is 1. The van der Waals surface area contributed by atoms with E-state index in [9.17, 15) is 9.59 Å². The molecule has 0 aliphatic rings. The smallest absolute Gasteiger partial charge is 0.335 e. The van der Waals surface area contributed by atoms with E-state index in [-0.39, 0.29) is 11.5 Å². The molecule has 2 aromatic carbocycles. The highest BCUT2D eigenvalue weighted by atomic mass is 32.2. The first-order valence-electron chi connectivity index (χ1n) is 7.32. The molecule has 3 aromatic rings. The Morgan fingerprint density at radius 1 is 1.12 bits per heavy atom. The molecule has 1 heterocycles. The van der Waals surface area contributed by atoms with Crippen LogP contribution in [-0.4, -0.2) is 32.7 Å². The third kappa shape index (κ3) is 3.94. The summed E-state index contributed by atoms with van der Waals surface area (Å²) in [6.07, 6.45) is 0.336. The lowest BCUT2D eigenvalue weighted by Crippen LogP contribution is -2.12. The van der Waals surface area contributed by atoms with Crippen molar-refractivity contribution in [1.82, 2.24) is 9.97 Å². The molecule has 0 spiro atoms. The molecular formula is C17H15N3O3S. The molecule has 0 aliphatic heterocycles. The Kier molecular flexibility index (Phi) is 4.81. The molecule has 24 heavy (non-hydrogen) atoms. The van der Waals surface area contributed by atoms with Crippen LogP contribution in [0.2, 0.25) is 0 Å². The number of carboxylic acids is 1. The van der Waals surface area contributed by atoms with Crippen LogP contribution in [0.4, 0.5) is 5.69 Å². The number of amides is 1. The summed E-state index contributed by atoms with van der Waals surface area (Å²) in [6.45, 7) is 0. The molecule has 0 saturated heterocycles. The van der Waals surface area contributed by atoms with Crippen LogP contribution in [0.5, 0.6) is 0 Å². The lowest BCUT2D eigenvalue weighted by atomic mass is 10.2. The molecule has 0 atom stereocenters. The molecule has 0 aliphatic carbocycles. The Morgan fingerprint density at radius 2 is 1.88 bits per heavy atom. The zero-order chi connectivity index (χ0) is 16.9. The second-order valence-electron chi connectivity index (χ2n) is 5.09. The Hall–Kier alpha value is -2.80. The van der Waals surface area contributed by atoms with Gasteiger partial charge in [0.25, 0.3) is 0 Å². The van der Waals surface area contributed by atoms with Crippen molar-refractivity contribution in [2.45, 2.75) is 11.6 Å². The number of nitrogens with one attached hydrogen (secondary N) is 2. The summed E-state index contributed by atoms with van der Waals surface area (Å²) in [5.74, 6) is -0.518. The number of aromatic carboxylic acids is 1. The summed E-state index contributed by atoms with van der Waals surface area (Å²) in [7, 11) is 0. The van der Waals surface area contributed by atoms with Crippen LogP contribution in [0.1, 0.15) is 16.8 Å². The van der Waals surface area contributed by atoms with Crippen LogP contribution in [0.3, 0.4) is 0 Å². The number of hydrogen-bond donors (Lipinski definition) is 3. The van der Waals surface area contributed by atoms with Gasteiger partial charge in [-0.15, -0.1) is 0 Å². The average Bonchev–Trinajstić information content (AvgIpc) is 2.98. The largest absolute Gasteiger partial charge is 0.478 e. The number of aromatic nitrogens is 2. The number of hydrogen-bond acceptors (Lipinski definition) is 4. The normalized spacial score (nSPS) is 10.7. The highest BCUT2D eigenvalue weighted by Gasteiger charge is 2.07. The Labute approximate surface area is 142 Å². The van der Waals surface area contributed by atoms with Crippen LogP contribution < -0.4 is 5.32 Å². The summed E-state index contributed by atoms with van der Waals surface area (Å²) in [6, 6.07) is 13.8. The summed E-state index contributed by atoms with van der Waals surface area (Å²) in [5, 5.41) is 12.4. The number of anilines is 1. The fourth-order valence-corrected chi connectivity index (χ4v) is 2.98. The minimum atomic E-state index is -0.991. The third-order valence-electron chi connectivity index (χ3n) is 3.35. The van der Waals surface area contributed by atoms with Gasteiger partial charge in [0.2, 0.25) is 5.91 Å². The molecule has 7 heteroatoms. The van der Waals surface area contributed by atoms with E-state index in [0.717, 1.165) is 16.2 Å². The molecule has 1 amide bonds. The van der Waals surface area contributed by atoms with Gasteiger partial charge in [0.1, 0.15) is 0 Å². The second-order valence-corrected chi connectivity index (χ2v) is 6.17. The van der Waals surface area contributed by atoms with Gasteiger partial charge in [0.05, 0.1) is 16.6 Å². The van der Waals surface area contributed by atoms with E-state index in [1.54, 1.807) is 12.1 Å². The van der Waals surface area contributed by atoms with Crippen molar-refractivity contribution < 1.29 is 14.7 Å². The maximum Gasteiger partial charge on any atom is 0.335 e. The third-order valence-corrected chi connectivity index (χ3v) is 4.23. The summed E-state index contributed by atoms with van der Waals surface area (Å²) < 4.78 is 0. The molecule has 122 valence electrons. The van der Waals surface area contributed by atoms with Crippen LogP contribution in [0.15, 0.2) is 53.7 Å². The highest BCUT2D eigenvalue weighted by Crippen LogP contribution is 2.20. The van der Waals surface area contributed by atoms with Gasteiger partial charge in [0.15, 0.2) is 5.16 Å². The number of carboxylic acid groups (broad SMARTS) is 1. The van der Waals surface area contributed by atoms with Gasteiger partial charge in [-0.25, -0.2) is 9.78 Å². The minimum Gasteiger partial charge on any atom is -0.478 e. The van der Waals surface area contributed by atoms with Crippen LogP contribution in [0, 0.1) is 0 Å². The molecule has 0 fully saturated rings. The van der Waals surface area contributed by atoms with Crippen molar-refractivity contribution in [3.05, 3.63) is 54.1 Å². The Balaban J connectivity index is 1.49. The van der Waals surface area contributed by atoms with Crippen molar-refractivity contribution in [2.24, 2.45) is 0 Å². The number of benzene rings is 2. The number of nitrogens with zero attached hydrogens (tertiary/aromatic N) is 1. The Bertz CT molecular complexity index is 841. The van der Waals surface area contributed by atoms with Crippen LogP contribution in [0.25, 0.3) is 11.0 Å². The van der Waals surface area contributed by atoms with E-state index < -0.39 is 5.97 Å². The lowest BCUT2D eigenvalue weighted by molar-refractivity contribution is -0.115. The number of H-pyrrole nitrogens is 1. The summed E-state index contributed by atoms with van der Waals surface area (Å²) in [4.78, 5) is 30.3. The zero-order valence-corrected chi connectivity index (χ0v) is 13.5. The molecule has 0 saturated carbocycles. The van der Waals surface area contributed by atoms with Gasteiger partial charge >= 0.3 is 5.97 Å². The predicted molar refractivity (Wildman–Crippen MR) is 93.5 cm³/mol. The lowest BCUT2D eigenvalue weighted by Gasteiger charge is -2.05. The van der Waals surface area contributed by atoms with Crippen molar-refractivity contribution in [3.63, 3.8) is 0 Å². The van der Waals surface area contributed by atoms with E-state index in [1.807, 2.05) is 24.3 Å². The van der Waals surface area contributed by atoms with Gasteiger partial charge in [-0.2, -0.15) is 0 Å². The fraction of sp³-hybridized carbons (Fsp3) is 0.118. The standard InChI is InChI=1S/C17H15N3O3S/c21-15(18-12-7-5-11(6-8-12)16(22)23)9-10-24-17-19-13-3-1-2-4-14(13)20-17/h1-8H,9-10H2,(H,18,21)(H,19,20)(H,22,23). The maximum absolute atomic E-state index is 11.9. The summed E-state index contributed by atoms with van der Waals surface area (Å²) >= 11 is 1.49. The van der Waals surface area contributed by atoms with E-state index in [4.69, 9.17) is 5.11 Å². The molecular weight excluding hydrogens is 326 g/mol. The molecule has 0 bridgehead atoms. The molecule has 0 unspecified atom stereocenters. The van der Waals surface area contributed by atoms with Crippen molar-refractivity contribution in [2.75, 3.05) is 11.1 Å². The number of rotatable bonds is 6. The van der Waals surface area contributed by atoms with Crippen molar-refractivity contribution in [1.29, 1.82) is 0 Å². The van der Waals surface area contributed by atoms with E-state index in [1.165, 1.54) is 23.9 Å². The number of carbonyl (C=O) groups is 2. The molecule has 1 aromatic heterocycles. The molecule has 3 rings (SSSR count). The number of para-hydroxylation sites is 2. The first-order chi connectivity index (χ1) is 11.6. The summed E-state index contributed by atoms with van der Waals surface area (Å²) in [5.41, 5.74) is 2.65. The monoisotopic (exact) mass is 341 g/mol. The number of aromatic amines is 1. The van der Waals surface area contributed by atoms with Crippen molar-refractivity contribution in [3.8, 4) is 0 Å². The topological polar surface area (TPSA) is 95.1 Å². The quantitative estimate of drug-likeness (QED) is 0.597. The SMILES string of the molecule is O=C(CCSc1nc2ccccc2[nH]1)Nc1ccc(C(=O)O)cc1. The van der Waals surface area contributed by atoms with E-state index >= 15 is 0 Å². The number of thioether (sulfide) groups is 1. The average molecular weight is 341 g/mol. The van der Waals surface area contributed by atoms with E-state index in [2.05, 4.69) is 15.3 Å². The number of imidazole rings is 1.